The number of rotatable bonds is 10. The van der Waals surface area contributed by atoms with Gasteiger partial charge in [-0.2, -0.15) is 0 Å². The molecule has 9 rings (SSSR count). The van der Waals surface area contributed by atoms with E-state index < -0.39 is 0 Å². The second kappa shape index (κ2) is 17.7. The third-order valence-electron chi connectivity index (χ3n) is 14.1. The van der Waals surface area contributed by atoms with Crippen LogP contribution in [0.5, 0.6) is 0 Å². The van der Waals surface area contributed by atoms with Crippen molar-refractivity contribution < 1.29 is 0 Å². The largest absolute Gasteiger partial charge is 0.308 e. The van der Waals surface area contributed by atoms with Crippen molar-refractivity contribution in [3.8, 4) is 11.1 Å². The average molecular weight is 854 g/mol. The van der Waals surface area contributed by atoms with Crippen LogP contribution in [0.25, 0.3) is 11.1 Å². The summed E-state index contributed by atoms with van der Waals surface area (Å²) < 4.78 is 0. The summed E-state index contributed by atoms with van der Waals surface area (Å²) in [5.74, 6) is 2.45. The fraction of sp³-hybridized carbons (Fsp3) is 0.300. The predicted octanol–water partition coefficient (Wildman–Crippen LogP) is 13.4. The third-order valence-corrected chi connectivity index (χ3v) is 15.3. The number of anilines is 3. The van der Waals surface area contributed by atoms with Gasteiger partial charge < -0.3 is 4.90 Å². The van der Waals surface area contributed by atoms with Crippen molar-refractivity contribution >= 4 is 75.0 Å². The molecular formula is C60H65B2NS. The highest BCUT2D eigenvalue weighted by Gasteiger charge is 2.43. The lowest BCUT2D eigenvalue weighted by Gasteiger charge is -2.37. The average Bonchev–Trinajstić information content (AvgIpc) is 3.28. The minimum Gasteiger partial charge on any atom is -0.308 e. The Morgan fingerprint density at radius 2 is 0.734 bits per heavy atom. The number of fused-ring (bicyclic) bond motifs is 4. The van der Waals surface area contributed by atoms with Gasteiger partial charge in [0.05, 0.1) is 11.4 Å². The second-order valence-electron chi connectivity index (χ2n) is 20.4. The molecule has 2 heterocycles. The molecule has 4 heteroatoms. The van der Waals surface area contributed by atoms with E-state index in [1.54, 1.807) is 0 Å². The maximum absolute atomic E-state index is 2.59. The summed E-state index contributed by atoms with van der Waals surface area (Å²) in [5, 5.41) is 0. The topological polar surface area (TPSA) is 3.24 Å². The molecule has 7 aromatic rings. The Balaban J connectivity index is 1.29. The standard InChI is InChI=1S/C60H65B2NS/c1-36(2)44-31-47(38(5)6)59(48(32-44)39(7)8)61-51-19-13-14-20-52(51)62(60-49(40(9)10)33-45(37(3)4)34-50(60)41(11)12)54-35-43(27-30-53(54)61)42-25-28-46(29-26-42)63-55-21-15-17-23-57(55)64-58-24-18-16-22-56(58)63/h13-41H,1-12H3. The number of nitrogens with zero attached hydrogens (tertiary/aromatic N) is 1. The molecule has 322 valence electrons. The zero-order valence-electron chi connectivity index (χ0n) is 40.3. The monoisotopic (exact) mass is 854 g/mol. The predicted molar refractivity (Wildman–Crippen MR) is 284 cm³/mol. The van der Waals surface area contributed by atoms with E-state index in [-0.39, 0.29) is 13.4 Å². The molecule has 64 heavy (non-hydrogen) atoms. The van der Waals surface area contributed by atoms with Gasteiger partial charge in [0.25, 0.3) is 0 Å². The van der Waals surface area contributed by atoms with Crippen LogP contribution in [0.1, 0.15) is 152 Å². The van der Waals surface area contributed by atoms with E-state index in [2.05, 4.69) is 228 Å². The van der Waals surface area contributed by atoms with Gasteiger partial charge >= 0.3 is 0 Å². The Bertz CT molecular complexity index is 2740. The Kier molecular flexibility index (Phi) is 12.2. The molecule has 0 aromatic heterocycles. The first-order valence-corrected chi connectivity index (χ1v) is 24.9. The summed E-state index contributed by atoms with van der Waals surface area (Å²) in [4.78, 5) is 4.99. The van der Waals surface area contributed by atoms with Crippen molar-refractivity contribution in [1.29, 1.82) is 0 Å². The number of para-hydroxylation sites is 2. The highest BCUT2D eigenvalue weighted by Crippen LogP contribution is 2.51. The Morgan fingerprint density at radius 1 is 0.359 bits per heavy atom. The lowest BCUT2D eigenvalue weighted by Crippen LogP contribution is -2.76. The van der Waals surface area contributed by atoms with Crippen molar-refractivity contribution in [1.82, 2.24) is 0 Å². The van der Waals surface area contributed by atoms with Crippen molar-refractivity contribution in [2.24, 2.45) is 0 Å². The Hall–Kier alpha value is -5.18. The fourth-order valence-corrected chi connectivity index (χ4v) is 11.8. The van der Waals surface area contributed by atoms with E-state index in [0.717, 1.165) is 0 Å². The van der Waals surface area contributed by atoms with Crippen LogP contribution in [-0.4, -0.2) is 13.4 Å². The highest BCUT2D eigenvalue weighted by molar-refractivity contribution is 7.99. The summed E-state index contributed by atoms with van der Waals surface area (Å²) in [5.41, 5.74) is 23.8. The Morgan fingerprint density at radius 3 is 1.16 bits per heavy atom. The molecule has 0 bridgehead atoms. The third kappa shape index (κ3) is 7.78. The minimum atomic E-state index is 0.0940. The molecule has 2 aliphatic rings. The van der Waals surface area contributed by atoms with E-state index in [1.165, 1.54) is 104 Å². The molecule has 0 fully saturated rings. The van der Waals surface area contributed by atoms with E-state index in [1.807, 2.05) is 11.8 Å². The number of benzene rings is 7. The van der Waals surface area contributed by atoms with Gasteiger partial charge in [-0.1, -0.05) is 231 Å². The molecule has 0 saturated carbocycles. The lowest BCUT2D eigenvalue weighted by molar-refractivity contribution is 0.812. The van der Waals surface area contributed by atoms with E-state index in [0.29, 0.717) is 35.5 Å². The van der Waals surface area contributed by atoms with Gasteiger partial charge in [0, 0.05) is 15.5 Å². The smallest absolute Gasteiger partial charge is 0.240 e. The molecule has 1 nitrogen and oxygen atoms in total. The van der Waals surface area contributed by atoms with Crippen LogP contribution in [0.15, 0.2) is 149 Å². The van der Waals surface area contributed by atoms with Gasteiger partial charge in [0.15, 0.2) is 0 Å². The van der Waals surface area contributed by atoms with E-state index in [4.69, 9.17) is 0 Å². The minimum absolute atomic E-state index is 0.0940. The second-order valence-corrected chi connectivity index (χ2v) is 21.5. The summed E-state index contributed by atoms with van der Waals surface area (Å²) >= 11 is 1.86. The summed E-state index contributed by atoms with van der Waals surface area (Å²) in [6.07, 6.45) is 0. The molecule has 0 radical (unpaired) electrons. The van der Waals surface area contributed by atoms with Crippen LogP contribution in [0.3, 0.4) is 0 Å². The molecule has 0 spiro atoms. The van der Waals surface area contributed by atoms with Crippen molar-refractivity contribution in [3.63, 3.8) is 0 Å². The van der Waals surface area contributed by atoms with Gasteiger partial charge in [-0.05, 0) is 116 Å². The summed E-state index contributed by atoms with van der Waals surface area (Å²) in [6.45, 7) is 28.8. The van der Waals surface area contributed by atoms with Crippen LogP contribution in [0.4, 0.5) is 17.1 Å². The number of hydrogen-bond donors (Lipinski definition) is 0. The lowest BCUT2D eigenvalue weighted by atomic mass is 9.20. The first kappa shape index (κ1) is 44.0. The maximum Gasteiger partial charge on any atom is 0.240 e. The maximum atomic E-state index is 2.59. The first-order valence-electron chi connectivity index (χ1n) is 24.1. The normalized spacial score (nSPS) is 13.4. The van der Waals surface area contributed by atoms with Gasteiger partial charge in [0.1, 0.15) is 0 Å². The van der Waals surface area contributed by atoms with Gasteiger partial charge in [0.2, 0.25) is 13.4 Å². The zero-order chi connectivity index (χ0) is 45.1. The fourth-order valence-electron chi connectivity index (χ4n) is 10.7. The molecule has 0 N–H and O–H groups in total. The van der Waals surface area contributed by atoms with Crippen molar-refractivity contribution in [2.45, 2.75) is 128 Å². The highest BCUT2D eigenvalue weighted by atomic mass is 32.2. The van der Waals surface area contributed by atoms with Crippen molar-refractivity contribution in [3.05, 3.63) is 173 Å². The van der Waals surface area contributed by atoms with Crippen molar-refractivity contribution in [2.75, 3.05) is 4.90 Å². The number of hydrogen-bond acceptors (Lipinski definition) is 2. The van der Waals surface area contributed by atoms with E-state index in [9.17, 15) is 0 Å². The van der Waals surface area contributed by atoms with Crippen LogP contribution in [0, 0.1) is 0 Å². The van der Waals surface area contributed by atoms with Crippen LogP contribution >= 0.6 is 11.8 Å². The van der Waals surface area contributed by atoms with Crippen LogP contribution in [-0.2, 0) is 0 Å². The van der Waals surface area contributed by atoms with Crippen LogP contribution < -0.4 is 37.7 Å². The van der Waals surface area contributed by atoms with E-state index >= 15 is 0 Å². The Labute approximate surface area is 390 Å². The van der Waals surface area contributed by atoms with Crippen LogP contribution in [0.2, 0.25) is 0 Å². The molecule has 0 saturated heterocycles. The molecule has 0 atom stereocenters. The summed E-state index contributed by atoms with van der Waals surface area (Å²) in [6, 6.07) is 54.2. The molecule has 0 unspecified atom stereocenters. The van der Waals surface area contributed by atoms with Gasteiger partial charge in [-0.15, -0.1) is 0 Å². The quantitative estimate of drug-likeness (QED) is 0.126. The first-order chi connectivity index (χ1) is 30.7. The van der Waals surface area contributed by atoms with Gasteiger partial charge in [-0.25, -0.2) is 0 Å². The molecule has 0 aliphatic carbocycles. The SMILES string of the molecule is CC(C)c1cc(C(C)C)c(B2c3ccccc3B(c3c(C(C)C)cc(C(C)C)cc3C(C)C)c3cc(-c4ccc(N5c6ccccc6Sc6ccccc65)cc4)ccc32)c(C(C)C)c1. The molecule has 7 aromatic carbocycles. The molecule has 0 amide bonds. The molecule has 2 aliphatic heterocycles. The summed E-state index contributed by atoms with van der Waals surface area (Å²) in [7, 11) is 0. The zero-order valence-corrected chi connectivity index (χ0v) is 41.1. The van der Waals surface area contributed by atoms with Gasteiger partial charge in [-0.3, -0.25) is 0 Å². The molecular weight excluding hydrogens is 788 g/mol.